The SMILES string of the molecule is O=C(Nc1c(F)cc(F)cc1Br)N1CCCCCC1. The van der Waals surface area contributed by atoms with Gasteiger partial charge in [0.15, 0.2) is 5.82 Å². The van der Waals surface area contributed by atoms with E-state index in [2.05, 4.69) is 21.2 Å². The first-order valence-corrected chi connectivity index (χ1v) is 7.07. The lowest BCUT2D eigenvalue weighted by Gasteiger charge is -2.21. The van der Waals surface area contributed by atoms with Crippen LogP contribution in [-0.2, 0) is 0 Å². The van der Waals surface area contributed by atoms with Gasteiger partial charge in [-0.2, -0.15) is 0 Å². The third-order valence-electron chi connectivity index (χ3n) is 3.13. The summed E-state index contributed by atoms with van der Waals surface area (Å²) >= 11 is 3.05. The molecule has 1 aromatic rings. The molecule has 0 atom stereocenters. The molecule has 0 bridgehead atoms. The van der Waals surface area contributed by atoms with Crippen molar-refractivity contribution in [1.29, 1.82) is 0 Å². The number of likely N-dealkylation sites (tertiary alicyclic amines) is 1. The molecule has 3 nitrogen and oxygen atoms in total. The van der Waals surface area contributed by atoms with Crippen molar-refractivity contribution in [1.82, 2.24) is 4.90 Å². The zero-order valence-corrected chi connectivity index (χ0v) is 12.0. The Kier molecular flexibility index (Phi) is 4.74. The largest absolute Gasteiger partial charge is 0.325 e. The van der Waals surface area contributed by atoms with E-state index in [4.69, 9.17) is 0 Å². The Labute approximate surface area is 119 Å². The molecule has 0 aromatic heterocycles. The van der Waals surface area contributed by atoms with Crippen LogP contribution in [0.5, 0.6) is 0 Å². The van der Waals surface area contributed by atoms with Crippen molar-refractivity contribution < 1.29 is 13.6 Å². The molecular weight excluding hydrogens is 318 g/mol. The Balaban J connectivity index is 2.10. The topological polar surface area (TPSA) is 32.3 Å². The molecule has 1 aromatic carbocycles. The van der Waals surface area contributed by atoms with E-state index in [0.717, 1.165) is 37.8 Å². The van der Waals surface area contributed by atoms with Crippen LogP contribution in [-0.4, -0.2) is 24.0 Å². The minimum atomic E-state index is -0.782. The molecule has 1 aliphatic rings. The van der Waals surface area contributed by atoms with E-state index in [1.807, 2.05) is 0 Å². The van der Waals surface area contributed by atoms with Gasteiger partial charge in [0.1, 0.15) is 5.82 Å². The van der Waals surface area contributed by atoms with Gasteiger partial charge in [0, 0.05) is 23.6 Å². The monoisotopic (exact) mass is 332 g/mol. The fourth-order valence-electron chi connectivity index (χ4n) is 2.12. The molecule has 0 unspecified atom stereocenters. The lowest BCUT2D eigenvalue weighted by molar-refractivity contribution is 0.213. The van der Waals surface area contributed by atoms with E-state index < -0.39 is 11.6 Å². The molecule has 104 valence electrons. The van der Waals surface area contributed by atoms with E-state index in [1.165, 1.54) is 0 Å². The van der Waals surface area contributed by atoms with Crippen molar-refractivity contribution in [2.24, 2.45) is 0 Å². The minimum Gasteiger partial charge on any atom is -0.325 e. The maximum Gasteiger partial charge on any atom is 0.321 e. The van der Waals surface area contributed by atoms with Gasteiger partial charge >= 0.3 is 6.03 Å². The van der Waals surface area contributed by atoms with Gasteiger partial charge in [-0.05, 0) is 34.8 Å². The van der Waals surface area contributed by atoms with Crippen LogP contribution in [0.3, 0.4) is 0 Å². The number of carbonyl (C=O) groups excluding carboxylic acids is 1. The quantitative estimate of drug-likeness (QED) is 0.823. The van der Waals surface area contributed by atoms with Gasteiger partial charge in [-0.1, -0.05) is 12.8 Å². The predicted octanol–water partition coefficient (Wildman–Crippen LogP) is 4.14. The third-order valence-corrected chi connectivity index (χ3v) is 3.76. The number of hydrogen-bond donors (Lipinski definition) is 1. The lowest BCUT2D eigenvalue weighted by atomic mass is 10.2. The average Bonchev–Trinajstić information content (AvgIpc) is 2.62. The highest BCUT2D eigenvalue weighted by atomic mass is 79.9. The van der Waals surface area contributed by atoms with Gasteiger partial charge in [0.2, 0.25) is 0 Å². The Bertz CT molecular complexity index is 451. The molecule has 2 amide bonds. The lowest BCUT2D eigenvalue weighted by Crippen LogP contribution is -2.35. The van der Waals surface area contributed by atoms with Crippen LogP contribution in [0.4, 0.5) is 19.3 Å². The van der Waals surface area contributed by atoms with Crippen LogP contribution in [0.2, 0.25) is 0 Å². The molecule has 19 heavy (non-hydrogen) atoms. The normalized spacial score (nSPS) is 16.1. The third kappa shape index (κ3) is 3.65. The first kappa shape index (κ1) is 14.2. The number of benzene rings is 1. The van der Waals surface area contributed by atoms with Crippen molar-refractivity contribution in [3.05, 3.63) is 28.2 Å². The Morgan fingerprint density at radius 1 is 1.16 bits per heavy atom. The number of urea groups is 1. The molecule has 2 rings (SSSR count). The van der Waals surface area contributed by atoms with Crippen molar-refractivity contribution in [2.75, 3.05) is 18.4 Å². The number of halogens is 3. The van der Waals surface area contributed by atoms with E-state index in [9.17, 15) is 13.6 Å². The number of carbonyl (C=O) groups is 1. The summed E-state index contributed by atoms with van der Waals surface area (Å²) in [5, 5.41) is 2.50. The molecule has 0 aliphatic carbocycles. The average molecular weight is 333 g/mol. The molecule has 1 N–H and O–H groups in total. The van der Waals surface area contributed by atoms with Gasteiger partial charge in [0.05, 0.1) is 5.69 Å². The first-order valence-electron chi connectivity index (χ1n) is 6.28. The van der Waals surface area contributed by atoms with Crippen LogP contribution in [0.1, 0.15) is 25.7 Å². The number of amides is 2. The molecule has 0 radical (unpaired) electrons. The summed E-state index contributed by atoms with van der Waals surface area (Å²) in [7, 11) is 0. The number of nitrogens with one attached hydrogen (secondary N) is 1. The van der Waals surface area contributed by atoms with Crippen molar-refractivity contribution in [2.45, 2.75) is 25.7 Å². The molecule has 1 fully saturated rings. The molecular formula is C13H15BrF2N2O. The molecule has 1 aliphatic heterocycles. The number of hydrogen-bond acceptors (Lipinski definition) is 1. The van der Waals surface area contributed by atoms with Gasteiger partial charge < -0.3 is 10.2 Å². The second-order valence-electron chi connectivity index (χ2n) is 4.58. The van der Waals surface area contributed by atoms with Crippen LogP contribution < -0.4 is 5.32 Å². The van der Waals surface area contributed by atoms with E-state index >= 15 is 0 Å². The Morgan fingerprint density at radius 3 is 2.37 bits per heavy atom. The molecule has 6 heteroatoms. The molecule has 0 spiro atoms. The fourth-order valence-corrected chi connectivity index (χ4v) is 2.63. The van der Waals surface area contributed by atoms with Crippen LogP contribution in [0.15, 0.2) is 16.6 Å². The van der Waals surface area contributed by atoms with Crippen LogP contribution >= 0.6 is 15.9 Å². The summed E-state index contributed by atoms with van der Waals surface area (Å²) in [5.74, 6) is -1.47. The standard InChI is InChI=1S/C13H15BrF2N2O/c14-10-7-9(15)8-11(16)12(10)17-13(19)18-5-3-1-2-4-6-18/h7-8H,1-6H2,(H,17,19). The number of anilines is 1. The highest BCUT2D eigenvalue weighted by Crippen LogP contribution is 2.27. The summed E-state index contributed by atoms with van der Waals surface area (Å²) in [6.07, 6.45) is 4.14. The van der Waals surface area contributed by atoms with Gasteiger partial charge in [-0.15, -0.1) is 0 Å². The second-order valence-corrected chi connectivity index (χ2v) is 5.43. The van der Waals surface area contributed by atoms with Gasteiger partial charge in [-0.3, -0.25) is 0 Å². The highest BCUT2D eigenvalue weighted by Gasteiger charge is 2.18. The van der Waals surface area contributed by atoms with E-state index in [0.29, 0.717) is 13.1 Å². The van der Waals surface area contributed by atoms with E-state index in [1.54, 1.807) is 4.90 Å². The first-order chi connectivity index (χ1) is 9.08. The zero-order chi connectivity index (χ0) is 13.8. The highest BCUT2D eigenvalue weighted by molar-refractivity contribution is 9.10. The molecule has 1 heterocycles. The van der Waals surface area contributed by atoms with Crippen molar-refractivity contribution in [3.63, 3.8) is 0 Å². The van der Waals surface area contributed by atoms with Crippen LogP contribution in [0, 0.1) is 11.6 Å². The van der Waals surface area contributed by atoms with Gasteiger partial charge in [0.25, 0.3) is 0 Å². The summed E-state index contributed by atoms with van der Waals surface area (Å²) < 4.78 is 26.8. The molecule has 0 saturated carbocycles. The summed E-state index contributed by atoms with van der Waals surface area (Å²) in [6, 6.07) is 1.54. The Hall–Kier alpha value is -1.17. The molecule has 1 saturated heterocycles. The van der Waals surface area contributed by atoms with Crippen molar-refractivity contribution >= 4 is 27.6 Å². The second kappa shape index (κ2) is 6.32. The smallest absolute Gasteiger partial charge is 0.321 e. The Morgan fingerprint density at radius 2 is 1.79 bits per heavy atom. The zero-order valence-electron chi connectivity index (χ0n) is 10.4. The number of nitrogens with zero attached hydrogens (tertiary/aromatic N) is 1. The summed E-state index contributed by atoms with van der Waals surface area (Å²) in [4.78, 5) is 13.7. The maximum absolute atomic E-state index is 13.6. The minimum absolute atomic E-state index is 0.0179. The summed E-state index contributed by atoms with van der Waals surface area (Å²) in [5.41, 5.74) is -0.0179. The fraction of sp³-hybridized carbons (Fsp3) is 0.462. The van der Waals surface area contributed by atoms with Crippen LogP contribution in [0.25, 0.3) is 0 Å². The van der Waals surface area contributed by atoms with E-state index in [-0.39, 0.29) is 16.2 Å². The predicted molar refractivity (Wildman–Crippen MR) is 73.1 cm³/mol. The maximum atomic E-state index is 13.6. The summed E-state index contributed by atoms with van der Waals surface area (Å²) in [6.45, 7) is 1.35. The number of rotatable bonds is 1. The van der Waals surface area contributed by atoms with Gasteiger partial charge in [-0.25, -0.2) is 13.6 Å². The van der Waals surface area contributed by atoms with Crippen molar-refractivity contribution in [3.8, 4) is 0 Å².